The van der Waals surface area contributed by atoms with Crippen LogP contribution >= 0.6 is 11.3 Å². The summed E-state index contributed by atoms with van der Waals surface area (Å²) in [6.45, 7) is 0. The molecule has 0 fully saturated rings. The molecule has 0 bridgehead atoms. The topological polar surface area (TPSA) is 48.2 Å². The fourth-order valence-corrected chi connectivity index (χ4v) is 2.66. The van der Waals surface area contributed by atoms with Gasteiger partial charge in [0, 0.05) is 34.8 Å². The number of rotatable bonds is 4. The summed E-state index contributed by atoms with van der Waals surface area (Å²) in [6.07, 6.45) is 3.31. The van der Waals surface area contributed by atoms with Crippen molar-refractivity contribution in [3.63, 3.8) is 0 Å². The normalized spacial score (nSPS) is 11.4. The second kappa shape index (κ2) is 6.41. The van der Waals surface area contributed by atoms with Crippen molar-refractivity contribution in [3.8, 4) is 16.3 Å². The number of ether oxygens (including phenoxy) is 1. The van der Waals surface area contributed by atoms with Gasteiger partial charge in [0.1, 0.15) is 10.8 Å². The van der Waals surface area contributed by atoms with Crippen molar-refractivity contribution in [1.82, 2.24) is 4.98 Å². The van der Waals surface area contributed by atoms with E-state index in [2.05, 4.69) is 4.98 Å². The minimum atomic E-state index is 0.580. The maximum absolute atomic E-state index is 12.2. The first kappa shape index (κ1) is 14.3. The minimum Gasteiger partial charge on any atom is -0.618 e. The Morgan fingerprint density at radius 2 is 1.82 bits per heavy atom. The molecule has 0 radical (unpaired) electrons. The van der Waals surface area contributed by atoms with Gasteiger partial charge in [-0.2, -0.15) is 4.74 Å². The van der Waals surface area contributed by atoms with E-state index < -0.39 is 0 Å². The monoisotopic (exact) mass is 310 g/mol. The third-order valence-corrected chi connectivity index (χ3v) is 4.01. The van der Waals surface area contributed by atoms with Gasteiger partial charge in [-0.05, 0) is 36.4 Å². The van der Waals surface area contributed by atoms with E-state index in [4.69, 9.17) is 4.74 Å². The maximum Gasteiger partial charge on any atom is 0.216 e. The summed E-state index contributed by atoms with van der Waals surface area (Å²) in [4.78, 5) is 4.25. The lowest BCUT2D eigenvalue weighted by Crippen LogP contribution is -1.98. The standard InChI is InChI=1S/C17H14N2O2S/c1-21-16-8-2-13(3-9-16)12-19(20)15-6-4-14(5-7-15)17-18-10-11-22-17/h2-12H,1H3. The minimum absolute atomic E-state index is 0.580. The van der Waals surface area contributed by atoms with Gasteiger partial charge in [-0.15, -0.1) is 11.3 Å². The largest absolute Gasteiger partial charge is 0.618 e. The molecule has 0 aliphatic heterocycles. The lowest BCUT2D eigenvalue weighted by molar-refractivity contribution is -0.354. The van der Waals surface area contributed by atoms with Gasteiger partial charge in [0.15, 0.2) is 6.21 Å². The Hall–Kier alpha value is -2.66. The molecule has 110 valence electrons. The third-order valence-electron chi connectivity index (χ3n) is 3.18. The Kier molecular flexibility index (Phi) is 4.16. The zero-order valence-electron chi connectivity index (χ0n) is 12.0. The molecule has 0 aliphatic rings. The predicted octanol–water partition coefficient (Wildman–Crippen LogP) is 4.08. The zero-order valence-corrected chi connectivity index (χ0v) is 12.8. The van der Waals surface area contributed by atoms with E-state index in [0.29, 0.717) is 5.69 Å². The molecule has 5 heteroatoms. The van der Waals surface area contributed by atoms with Gasteiger partial charge >= 0.3 is 0 Å². The van der Waals surface area contributed by atoms with Crippen molar-refractivity contribution in [3.05, 3.63) is 70.9 Å². The van der Waals surface area contributed by atoms with E-state index in [1.807, 2.05) is 41.8 Å². The average Bonchev–Trinajstić information content (AvgIpc) is 3.10. The molecule has 0 spiro atoms. The van der Waals surface area contributed by atoms with Gasteiger partial charge in [-0.3, -0.25) is 0 Å². The van der Waals surface area contributed by atoms with Gasteiger partial charge < -0.3 is 9.94 Å². The Morgan fingerprint density at radius 3 is 2.41 bits per heavy atom. The molecule has 0 amide bonds. The van der Waals surface area contributed by atoms with Crippen LogP contribution in [0, 0.1) is 5.21 Å². The second-order valence-electron chi connectivity index (χ2n) is 4.61. The first-order valence-electron chi connectivity index (χ1n) is 6.71. The molecular weight excluding hydrogens is 296 g/mol. The summed E-state index contributed by atoms with van der Waals surface area (Å²) >= 11 is 1.57. The van der Waals surface area contributed by atoms with Crippen LogP contribution in [0.15, 0.2) is 60.1 Å². The average molecular weight is 310 g/mol. The smallest absolute Gasteiger partial charge is 0.216 e. The number of methoxy groups -OCH3 is 1. The zero-order chi connectivity index (χ0) is 15.4. The predicted molar refractivity (Wildman–Crippen MR) is 89.0 cm³/mol. The molecule has 4 nitrogen and oxygen atoms in total. The molecule has 0 atom stereocenters. The Labute approximate surface area is 132 Å². The molecular formula is C17H14N2O2S. The molecule has 3 aromatic rings. The summed E-state index contributed by atoms with van der Waals surface area (Å²) in [5.74, 6) is 0.766. The fourth-order valence-electron chi connectivity index (χ4n) is 2.02. The SMILES string of the molecule is COc1ccc(C=[N+]([O-])c2ccc(-c3nccs3)cc2)cc1. The Bertz CT molecular complexity index is 763. The first-order valence-corrected chi connectivity index (χ1v) is 7.59. The second-order valence-corrected chi connectivity index (χ2v) is 5.51. The van der Waals surface area contributed by atoms with Gasteiger partial charge in [0.2, 0.25) is 5.69 Å². The van der Waals surface area contributed by atoms with E-state index in [1.54, 1.807) is 36.8 Å². The summed E-state index contributed by atoms with van der Waals surface area (Å²) < 4.78 is 5.95. The van der Waals surface area contributed by atoms with Gasteiger partial charge in [-0.25, -0.2) is 4.98 Å². The van der Waals surface area contributed by atoms with E-state index in [0.717, 1.165) is 26.6 Å². The number of hydrogen-bond acceptors (Lipinski definition) is 4. The van der Waals surface area contributed by atoms with Gasteiger partial charge in [0.25, 0.3) is 0 Å². The van der Waals surface area contributed by atoms with Crippen LogP contribution in [-0.2, 0) is 0 Å². The van der Waals surface area contributed by atoms with Crippen LogP contribution in [0.25, 0.3) is 10.6 Å². The molecule has 0 unspecified atom stereocenters. The summed E-state index contributed by atoms with van der Waals surface area (Å²) in [5.41, 5.74) is 2.41. The van der Waals surface area contributed by atoms with Crippen LogP contribution in [-0.4, -0.2) is 23.0 Å². The third kappa shape index (κ3) is 3.15. The van der Waals surface area contributed by atoms with Crippen molar-refractivity contribution in [2.24, 2.45) is 0 Å². The number of aromatic nitrogens is 1. The Balaban J connectivity index is 1.81. The first-order chi connectivity index (χ1) is 10.8. The highest BCUT2D eigenvalue weighted by Gasteiger charge is 2.05. The summed E-state index contributed by atoms with van der Waals surface area (Å²) in [7, 11) is 1.61. The molecule has 2 aromatic carbocycles. The van der Waals surface area contributed by atoms with Crippen LogP contribution in [0.5, 0.6) is 5.75 Å². The summed E-state index contributed by atoms with van der Waals surface area (Å²) in [5, 5.41) is 15.1. The van der Waals surface area contributed by atoms with E-state index in [1.165, 1.54) is 6.21 Å². The van der Waals surface area contributed by atoms with Crippen LogP contribution in [0.4, 0.5) is 5.69 Å². The van der Waals surface area contributed by atoms with Crippen LogP contribution in [0.1, 0.15) is 5.56 Å². The van der Waals surface area contributed by atoms with Gasteiger partial charge in [-0.1, -0.05) is 0 Å². The lowest BCUT2D eigenvalue weighted by atomic mass is 10.2. The van der Waals surface area contributed by atoms with Gasteiger partial charge in [0.05, 0.1) is 7.11 Å². The van der Waals surface area contributed by atoms with Crippen molar-refractivity contribution >= 4 is 23.2 Å². The van der Waals surface area contributed by atoms with Crippen LogP contribution < -0.4 is 4.74 Å². The number of thiazole rings is 1. The highest BCUT2D eigenvalue weighted by molar-refractivity contribution is 7.13. The fraction of sp³-hybridized carbons (Fsp3) is 0.0588. The van der Waals surface area contributed by atoms with Crippen molar-refractivity contribution in [2.45, 2.75) is 0 Å². The quantitative estimate of drug-likeness (QED) is 0.316. The van der Waals surface area contributed by atoms with E-state index in [-0.39, 0.29) is 0 Å². The Morgan fingerprint density at radius 1 is 1.09 bits per heavy atom. The molecule has 1 heterocycles. The van der Waals surface area contributed by atoms with Crippen molar-refractivity contribution in [2.75, 3.05) is 7.11 Å². The maximum atomic E-state index is 12.2. The van der Waals surface area contributed by atoms with Crippen molar-refractivity contribution < 1.29 is 9.48 Å². The van der Waals surface area contributed by atoms with E-state index >= 15 is 0 Å². The van der Waals surface area contributed by atoms with E-state index in [9.17, 15) is 5.21 Å². The molecule has 0 aliphatic carbocycles. The molecule has 22 heavy (non-hydrogen) atoms. The van der Waals surface area contributed by atoms with Crippen LogP contribution in [0.3, 0.4) is 0 Å². The molecule has 0 saturated carbocycles. The van der Waals surface area contributed by atoms with Crippen molar-refractivity contribution in [1.29, 1.82) is 0 Å². The lowest BCUT2D eigenvalue weighted by Gasteiger charge is -2.04. The number of benzene rings is 2. The highest BCUT2D eigenvalue weighted by atomic mass is 32.1. The molecule has 0 saturated heterocycles. The summed E-state index contributed by atoms with van der Waals surface area (Å²) in [6, 6.07) is 14.7. The molecule has 3 rings (SSSR count). The molecule has 0 N–H and O–H groups in total. The van der Waals surface area contributed by atoms with Crippen LogP contribution in [0.2, 0.25) is 0 Å². The highest BCUT2D eigenvalue weighted by Crippen LogP contribution is 2.24. The molecule has 1 aromatic heterocycles. The number of hydrogen-bond donors (Lipinski definition) is 0. The number of nitrogens with zero attached hydrogens (tertiary/aromatic N) is 2.